The predicted octanol–water partition coefficient (Wildman–Crippen LogP) is 2.32. The van der Waals surface area contributed by atoms with Crippen LogP contribution >= 0.6 is 0 Å². The zero-order valence-electron chi connectivity index (χ0n) is 12.6. The Hall–Kier alpha value is -0.570. The van der Waals surface area contributed by atoms with Crippen molar-refractivity contribution in [3.8, 4) is 0 Å². The van der Waals surface area contributed by atoms with E-state index < -0.39 is 0 Å². The summed E-state index contributed by atoms with van der Waals surface area (Å²) in [5.41, 5.74) is 0.608. The first-order valence-corrected chi connectivity index (χ1v) is 7.94. The van der Waals surface area contributed by atoms with Crippen LogP contribution in [0.15, 0.2) is 0 Å². The van der Waals surface area contributed by atoms with Gasteiger partial charge in [0.05, 0.1) is 5.92 Å². The molecule has 108 valence electrons. The molecule has 0 aromatic carbocycles. The molecule has 3 heteroatoms. The smallest absolute Gasteiger partial charge is 0.224 e. The van der Waals surface area contributed by atoms with Gasteiger partial charge >= 0.3 is 0 Å². The number of fused-ring (bicyclic) bond motifs is 2. The Morgan fingerprint density at radius 3 is 2.63 bits per heavy atom. The van der Waals surface area contributed by atoms with Crippen LogP contribution in [0.5, 0.6) is 0 Å². The molecule has 2 N–H and O–H groups in total. The lowest BCUT2D eigenvalue weighted by atomic mass is 9.68. The number of carbonyl (C=O) groups is 1. The first-order chi connectivity index (χ1) is 8.93. The van der Waals surface area contributed by atoms with Gasteiger partial charge in [0, 0.05) is 12.6 Å². The number of carbonyl (C=O) groups excluding carboxylic acids is 1. The predicted molar refractivity (Wildman–Crippen MR) is 76.8 cm³/mol. The van der Waals surface area contributed by atoms with Crippen molar-refractivity contribution in [3.63, 3.8) is 0 Å². The third kappa shape index (κ3) is 2.10. The van der Waals surface area contributed by atoms with Crippen molar-refractivity contribution in [1.29, 1.82) is 0 Å². The molecule has 0 spiro atoms. The van der Waals surface area contributed by atoms with Crippen molar-refractivity contribution in [2.75, 3.05) is 13.1 Å². The van der Waals surface area contributed by atoms with E-state index in [1.807, 2.05) is 0 Å². The fourth-order valence-electron chi connectivity index (χ4n) is 5.00. The molecule has 2 aliphatic carbocycles. The molecule has 2 saturated carbocycles. The van der Waals surface area contributed by atoms with Crippen LogP contribution in [0, 0.1) is 22.7 Å². The minimum absolute atomic E-state index is 0.187. The number of amides is 1. The normalized spacial score (nSPS) is 44.3. The van der Waals surface area contributed by atoms with E-state index in [9.17, 15) is 4.79 Å². The molecule has 0 aromatic heterocycles. The molecule has 3 rings (SSSR count). The fraction of sp³-hybridized carbons (Fsp3) is 0.938. The SMILES string of the molecule is CC12CCC(C1)C(C)(C)C2NC(=O)[C@H]1CCCNC1. The first-order valence-electron chi connectivity index (χ1n) is 7.94. The lowest BCUT2D eigenvalue weighted by Gasteiger charge is -2.43. The number of nitrogens with one attached hydrogen (secondary N) is 2. The van der Waals surface area contributed by atoms with Crippen LogP contribution in [0.25, 0.3) is 0 Å². The fourth-order valence-corrected chi connectivity index (χ4v) is 5.00. The van der Waals surface area contributed by atoms with Crippen molar-refractivity contribution in [2.24, 2.45) is 22.7 Å². The van der Waals surface area contributed by atoms with Gasteiger partial charge in [0.25, 0.3) is 0 Å². The van der Waals surface area contributed by atoms with Crippen molar-refractivity contribution < 1.29 is 4.79 Å². The van der Waals surface area contributed by atoms with Crippen molar-refractivity contribution in [3.05, 3.63) is 0 Å². The molecular weight excluding hydrogens is 236 g/mol. The summed E-state index contributed by atoms with van der Waals surface area (Å²) in [4.78, 5) is 12.5. The third-order valence-electron chi connectivity index (χ3n) is 6.22. The molecule has 3 fully saturated rings. The minimum Gasteiger partial charge on any atom is -0.352 e. The van der Waals surface area contributed by atoms with Gasteiger partial charge in [-0.2, -0.15) is 0 Å². The molecule has 1 aliphatic heterocycles. The summed E-state index contributed by atoms with van der Waals surface area (Å²) in [6.07, 6.45) is 6.11. The molecule has 1 heterocycles. The second-order valence-corrected chi connectivity index (χ2v) is 7.90. The minimum atomic E-state index is 0.187. The molecule has 2 bridgehead atoms. The summed E-state index contributed by atoms with van der Waals surface area (Å²) in [5.74, 6) is 1.28. The van der Waals surface area contributed by atoms with Gasteiger partial charge in [0.2, 0.25) is 5.91 Å². The van der Waals surface area contributed by atoms with Gasteiger partial charge in [-0.25, -0.2) is 0 Å². The highest BCUT2D eigenvalue weighted by molar-refractivity contribution is 5.79. The van der Waals surface area contributed by atoms with Crippen molar-refractivity contribution >= 4 is 5.91 Å². The van der Waals surface area contributed by atoms with E-state index in [2.05, 4.69) is 31.4 Å². The number of piperidine rings is 1. The summed E-state index contributed by atoms with van der Waals surface area (Å²) in [6.45, 7) is 9.02. The maximum absolute atomic E-state index is 12.5. The highest BCUT2D eigenvalue weighted by Gasteiger charge is 2.59. The topological polar surface area (TPSA) is 41.1 Å². The zero-order chi connectivity index (χ0) is 13.7. The van der Waals surface area contributed by atoms with Gasteiger partial charge in [-0.15, -0.1) is 0 Å². The number of rotatable bonds is 2. The monoisotopic (exact) mass is 264 g/mol. The Labute approximate surface area is 116 Å². The van der Waals surface area contributed by atoms with E-state index in [0.717, 1.165) is 31.8 Å². The van der Waals surface area contributed by atoms with Crippen LogP contribution in [-0.4, -0.2) is 25.0 Å². The molecular formula is C16H28N2O. The van der Waals surface area contributed by atoms with Gasteiger partial charge in [-0.1, -0.05) is 20.8 Å². The van der Waals surface area contributed by atoms with E-state index in [0.29, 0.717) is 17.4 Å². The molecule has 3 unspecified atom stereocenters. The number of hydrogen-bond donors (Lipinski definition) is 2. The highest BCUT2D eigenvalue weighted by atomic mass is 16.2. The van der Waals surface area contributed by atoms with Crippen molar-refractivity contribution in [1.82, 2.24) is 10.6 Å². The van der Waals surface area contributed by atoms with Gasteiger partial charge < -0.3 is 10.6 Å². The van der Waals surface area contributed by atoms with Gasteiger partial charge in [0.1, 0.15) is 0 Å². The van der Waals surface area contributed by atoms with Crippen LogP contribution in [0.3, 0.4) is 0 Å². The highest BCUT2D eigenvalue weighted by Crippen LogP contribution is 2.62. The molecule has 3 aliphatic rings. The van der Waals surface area contributed by atoms with E-state index in [4.69, 9.17) is 0 Å². The Morgan fingerprint density at radius 2 is 2.05 bits per heavy atom. The molecule has 4 atom stereocenters. The first kappa shape index (κ1) is 13.4. The molecule has 1 amide bonds. The van der Waals surface area contributed by atoms with E-state index in [1.54, 1.807) is 0 Å². The van der Waals surface area contributed by atoms with Crippen LogP contribution in [0.2, 0.25) is 0 Å². The Kier molecular flexibility index (Phi) is 3.16. The number of hydrogen-bond acceptors (Lipinski definition) is 2. The van der Waals surface area contributed by atoms with Gasteiger partial charge in [-0.05, 0) is 55.4 Å². The van der Waals surface area contributed by atoms with Crippen LogP contribution in [-0.2, 0) is 4.79 Å². The summed E-state index contributed by atoms with van der Waals surface area (Å²) < 4.78 is 0. The Bertz CT molecular complexity index is 368. The summed E-state index contributed by atoms with van der Waals surface area (Å²) in [6, 6.07) is 0.369. The van der Waals surface area contributed by atoms with E-state index in [1.165, 1.54) is 19.3 Å². The quantitative estimate of drug-likeness (QED) is 0.803. The van der Waals surface area contributed by atoms with Gasteiger partial charge in [0.15, 0.2) is 0 Å². The average molecular weight is 264 g/mol. The standard InChI is InChI=1S/C16H28N2O/c1-15(2)12-6-7-16(3,9-12)14(15)18-13(19)11-5-4-8-17-10-11/h11-12,14,17H,4-10H2,1-3H3,(H,18,19)/t11-,12?,14?,16?/m0/s1. The van der Waals surface area contributed by atoms with E-state index in [-0.39, 0.29) is 11.3 Å². The zero-order valence-corrected chi connectivity index (χ0v) is 12.6. The third-order valence-corrected chi connectivity index (χ3v) is 6.22. The molecule has 19 heavy (non-hydrogen) atoms. The Morgan fingerprint density at radius 1 is 1.26 bits per heavy atom. The molecule has 1 saturated heterocycles. The second kappa shape index (κ2) is 4.47. The lowest BCUT2D eigenvalue weighted by Crippen LogP contribution is -2.55. The van der Waals surface area contributed by atoms with E-state index >= 15 is 0 Å². The molecule has 0 radical (unpaired) electrons. The lowest BCUT2D eigenvalue weighted by molar-refractivity contribution is -0.128. The average Bonchev–Trinajstić information content (AvgIpc) is 2.87. The summed E-state index contributed by atoms with van der Waals surface area (Å²) >= 11 is 0. The molecule has 3 nitrogen and oxygen atoms in total. The largest absolute Gasteiger partial charge is 0.352 e. The van der Waals surface area contributed by atoms with Crippen LogP contribution in [0.4, 0.5) is 0 Å². The summed E-state index contributed by atoms with van der Waals surface area (Å²) in [7, 11) is 0. The second-order valence-electron chi connectivity index (χ2n) is 7.90. The van der Waals surface area contributed by atoms with Gasteiger partial charge in [-0.3, -0.25) is 4.79 Å². The Balaban J connectivity index is 1.70. The molecule has 0 aromatic rings. The van der Waals surface area contributed by atoms with Crippen molar-refractivity contribution in [2.45, 2.75) is 58.9 Å². The van der Waals surface area contributed by atoms with Crippen LogP contribution in [0.1, 0.15) is 52.9 Å². The maximum atomic E-state index is 12.5. The van der Waals surface area contributed by atoms with Crippen LogP contribution < -0.4 is 10.6 Å². The summed E-state index contributed by atoms with van der Waals surface area (Å²) in [5, 5.41) is 6.78. The maximum Gasteiger partial charge on any atom is 0.224 e.